The first-order valence-corrected chi connectivity index (χ1v) is 10.6. The van der Waals surface area contributed by atoms with Crippen LogP contribution in [-0.4, -0.2) is 51.6 Å². The van der Waals surface area contributed by atoms with Gasteiger partial charge in [0.05, 0.1) is 12.1 Å². The summed E-state index contributed by atoms with van der Waals surface area (Å²) in [5, 5.41) is 31.8. The molecule has 1 aromatic heterocycles. The number of nitrogens with zero attached hydrogens (tertiary/aromatic N) is 1. The average Bonchev–Trinajstić information content (AvgIpc) is 3.14. The van der Waals surface area contributed by atoms with E-state index in [9.17, 15) is 19.8 Å². The topological polar surface area (TPSA) is 129 Å². The largest absolute Gasteiger partial charge is 0.481 e. The summed E-state index contributed by atoms with van der Waals surface area (Å²) < 4.78 is 5.42. The minimum Gasteiger partial charge on any atom is -0.481 e. The molecule has 0 spiro atoms. The molecule has 1 aliphatic rings. The number of fused-ring (bicyclic) bond motifs is 3. The van der Waals surface area contributed by atoms with E-state index < -0.39 is 24.3 Å². The number of amides is 1. The van der Waals surface area contributed by atoms with Crippen molar-refractivity contribution in [3.05, 3.63) is 89.2 Å². The second-order valence-corrected chi connectivity index (χ2v) is 7.87. The molecule has 1 amide bonds. The Morgan fingerprint density at radius 3 is 2.18 bits per heavy atom. The van der Waals surface area contributed by atoms with Gasteiger partial charge in [0.25, 0.3) is 0 Å². The van der Waals surface area contributed by atoms with E-state index in [1.165, 1.54) is 18.3 Å². The van der Waals surface area contributed by atoms with E-state index in [1.54, 1.807) is 0 Å². The van der Waals surface area contributed by atoms with Crippen molar-refractivity contribution >= 4 is 12.1 Å². The van der Waals surface area contributed by atoms with E-state index in [0.717, 1.165) is 22.3 Å². The van der Waals surface area contributed by atoms with Gasteiger partial charge in [-0.3, -0.25) is 9.78 Å². The van der Waals surface area contributed by atoms with Crippen molar-refractivity contribution in [2.45, 2.75) is 24.5 Å². The molecule has 0 bridgehead atoms. The van der Waals surface area contributed by atoms with Crippen LogP contribution >= 0.6 is 0 Å². The monoisotopic (exact) mass is 448 g/mol. The lowest BCUT2D eigenvalue weighted by Crippen LogP contribution is -2.36. The van der Waals surface area contributed by atoms with Crippen molar-refractivity contribution in [2.24, 2.45) is 0 Å². The van der Waals surface area contributed by atoms with Crippen LogP contribution in [0.3, 0.4) is 0 Å². The van der Waals surface area contributed by atoms with Gasteiger partial charge in [0, 0.05) is 24.2 Å². The smallest absolute Gasteiger partial charge is 0.407 e. The average molecular weight is 448 g/mol. The van der Waals surface area contributed by atoms with Crippen LogP contribution in [0, 0.1) is 0 Å². The summed E-state index contributed by atoms with van der Waals surface area (Å²) >= 11 is 0. The first-order chi connectivity index (χ1) is 15.9. The van der Waals surface area contributed by atoms with Gasteiger partial charge in [0.15, 0.2) is 0 Å². The maximum Gasteiger partial charge on any atom is 0.407 e. The van der Waals surface area contributed by atoms with E-state index in [4.69, 9.17) is 9.84 Å². The second-order valence-electron chi connectivity index (χ2n) is 7.87. The fraction of sp³-hybridized carbons (Fsp3) is 0.240. The van der Waals surface area contributed by atoms with Gasteiger partial charge in [-0.2, -0.15) is 0 Å². The number of nitrogens with one attached hydrogen (secondary N) is 1. The highest BCUT2D eigenvalue weighted by Crippen LogP contribution is 2.44. The minimum atomic E-state index is -1.30. The number of hydrogen-bond donors (Lipinski definition) is 4. The predicted octanol–water partition coefficient (Wildman–Crippen LogP) is 2.64. The van der Waals surface area contributed by atoms with E-state index in [2.05, 4.69) is 22.4 Å². The van der Waals surface area contributed by atoms with Gasteiger partial charge in [0.1, 0.15) is 18.8 Å². The van der Waals surface area contributed by atoms with Crippen LogP contribution in [0.4, 0.5) is 4.79 Å². The molecule has 2 aromatic carbocycles. The van der Waals surface area contributed by atoms with Gasteiger partial charge in [-0.25, -0.2) is 4.79 Å². The van der Waals surface area contributed by atoms with Crippen LogP contribution in [0.25, 0.3) is 11.1 Å². The van der Waals surface area contributed by atoms with Crippen molar-refractivity contribution < 1.29 is 29.6 Å². The summed E-state index contributed by atoms with van der Waals surface area (Å²) in [5.74, 6) is -1.09. The number of rotatable bonds is 8. The third-order valence-electron chi connectivity index (χ3n) is 5.69. The molecule has 1 heterocycles. The lowest BCUT2D eigenvalue weighted by molar-refractivity contribution is -0.136. The van der Waals surface area contributed by atoms with Crippen molar-refractivity contribution in [3.63, 3.8) is 0 Å². The van der Waals surface area contributed by atoms with Gasteiger partial charge in [-0.15, -0.1) is 0 Å². The Kier molecular flexibility index (Phi) is 6.67. The van der Waals surface area contributed by atoms with Gasteiger partial charge >= 0.3 is 12.1 Å². The Morgan fingerprint density at radius 2 is 1.61 bits per heavy atom. The van der Waals surface area contributed by atoms with Crippen LogP contribution in [-0.2, 0) is 16.0 Å². The molecule has 33 heavy (non-hydrogen) atoms. The molecule has 8 heteroatoms. The van der Waals surface area contributed by atoms with Gasteiger partial charge in [0.2, 0.25) is 0 Å². The molecular weight excluding hydrogens is 424 g/mol. The molecule has 8 nitrogen and oxygen atoms in total. The first kappa shape index (κ1) is 22.4. The number of aromatic nitrogens is 1. The maximum atomic E-state index is 12.2. The fourth-order valence-electron chi connectivity index (χ4n) is 4.04. The first-order valence-electron chi connectivity index (χ1n) is 10.6. The number of carboxylic acids is 1. The highest BCUT2D eigenvalue weighted by atomic mass is 16.5. The van der Waals surface area contributed by atoms with Crippen molar-refractivity contribution in [3.8, 4) is 11.1 Å². The number of aliphatic hydroxyl groups excluding tert-OH is 2. The molecule has 4 rings (SSSR count). The molecule has 4 N–H and O–H groups in total. The number of benzene rings is 2. The summed E-state index contributed by atoms with van der Waals surface area (Å²) in [6.45, 7) is -0.0812. The molecule has 3 aromatic rings. The molecule has 0 radical (unpaired) electrons. The van der Waals surface area contributed by atoms with Crippen LogP contribution < -0.4 is 5.32 Å². The Labute approximate surface area is 190 Å². The van der Waals surface area contributed by atoms with Crippen LogP contribution in [0.1, 0.15) is 34.4 Å². The zero-order chi connectivity index (χ0) is 23.4. The van der Waals surface area contributed by atoms with E-state index >= 15 is 0 Å². The third-order valence-corrected chi connectivity index (χ3v) is 5.69. The summed E-state index contributed by atoms with van der Waals surface area (Å²) in [5.41, 5.74) is 5.10. The van der Waals surface area contributed by atoms with Crippen LogP contribution in [0.2, 0.25) is 0 Å². The number of carbonyl (C=O) groups excluding carboxylic acids is 1. The number of hydrogen-bond acceptors (Lipinski definition) is 6. The van der Waals surface area contributed by atoms with Crippen molar-refractivity contribution in [1.82, 2.24) is 10.3 Å². The Bertz CT molecular complexity index is 1100. The Morgan fingerprint density at radius 1 is 0.970 bits per heavy atom. The number of pyridine rings is 1. The number of aliphatic carboxylic acids is 1. The number of ether oxygens (including phenoxy) is 1. The Hall–Kier alpha value is -3.75. The quantitative estimate of drug-likeness (QED) is 0.417. The highest BCUT2D eigenvalue weighted by molar-refractivity contribution is 5.79. The molecule has 0 fully saturated rings. The maximum absolute atomic E-state index is 12.2. The highest BCUT2D eigenvalue weighted by Gasteiger charge is 2.29. The molecule has 0 aliphatic heterocycles. The number of alkyl carbamates (subject to hydrolysis) is 1. The summed E-state index contributed by atoms with van der Waals surface area (Å²) in [7, 11) is 0. The van der Waals surface area contributed by atoms with Gasteiger partial charge < -0.3 is 25.4 Å². The minimum absolute atomic E-state index is 0.0749. The predicted molar refractivity (Wildman–Crippen MR) is 120 cm³/mol. The standard InChI is InChI=1S/C25H24N2O6/c28-22(24(31)15-9-10-16(26-12-15)11-23(29)30)13-27-25(32)33-14-21-19-7-3-1-5-17(19)18-6-2-4-8-20(18)21/h1-10,12,21-22,24,28,31H,11,13-14H2,(H,27,32)(H,29,30). The van der Waals surface area contributed by atoms with E-state index in [1.807, 2.05) is 36.4 Å². The number of carbonyl (C=O) groups is 2. The number of carboxylic acid groups (broad SMARTS) is 1. The lowest BCUT2D eigenvalue weighted by Gasteiger charge is -2.19. The summed E-state index contributed by atoms with van der Waals surface area (Å²) in [4.78, 5) is 26.9. The second kappa shape index (κ2) is 9.81. The lowest BCUT2D eigenvalue weighted by atomic mass is 9.98. The van der Waals surface area contributed by atoms with Crippen molar-refractivity contribution in [1.29, 1.82) is 0 Å². The van der Waals surface area contributed by atoms with Crippen LogP contribution in [0.5, 0.6) is 0 Å². The molecule has 0 saturated carbocycles. The Balaban J connectivity index is 1.30. The van der Waals surface area contributed by atoms with E-state index in [0.29, 0.717) is 11.3 Å². The zero-order valence-corrected chi connectivity index (χ0v) is 17.7. The normalized spacial score (nSPS) is 14.1. The van der Waals surface area contributed by atoms with E-state index in [-0.39, 0.29) is 25.5 Å². The molecule has 1 aliphatic carbocycles. The van der Waals surface area contributed by atoms with Gasteiger partial charge in [-0.05, 0) is 28.3 Å². The number of aliphatic hydroxyl groups is 2. The summed E-state index contributed by atoms with van der Waals surface area (Å²) in [6.07, 6.45) is -2.22. The molecule has 0 saturated heterocycles. The fourth-order valence-corrected chi connectivity index (χ4v) is 4.04. The zero-order valence-electron chi connectivity index (χ0n) is 17.7. The molecule has 2 atom stereocenters. The van der Waals surface area contributed by atoms with Gasteiger partial charge in [-0.1, -0.05) is 54.6 Å². The van der Waals surface area contributed by atoms with Crippen LogP contribution in [0.15, 0.2) is 66.9 Å². The molecule has 170 valence electrons. The SMILES string of the molecule is O=C(O)Cc1ccc(C(O)C(O)CNC(=O)OCC2c3ccccc3-c3ccccc32)cn1. The third kappa shape index (κ3) is 5.02. The molecule has 2 unspecified atom stereocenters. The van der Waals surface area contributed by atoms with Crippen molar-refractivity contribution in [2.75, 3.05) is 13.2 Å². The molecular formula is C25H24N2O6. The summed E-state index contributed by atoms with van der Waals surface area (Å²) in [6, 6.07) is 19.0.